The van der Waals surface area contributed by atoms with E-state index in [-0.39, 0.29) is 18.8 Å². The van der Waals surface area contributed by atoms with Gasteiger partial charge in [0.25, 0.3) is 0 Å². The lowest BCUT2D eigenvalue weighted by Crippen LogP contribution is -2.53. The van der Waals surface area contributed by atoms with Gasteiger partial charge in [-0.1, -0.05) is 36.4 Å². The number of aliphatic hydroxyl groups excluding tert-OH is 3. The monoisotopic (exact) mass is 278 g/mol. The van der Waals surface area contributed by atoms with Crippen molar-refractivity contribution in [2.45, 2.75) is 30.8 Å². The molecule has 0 aliphatic carbocycles. The average molecular weight is 278 g/mol. The molecule has 5 nitrogen and oxygen atoms in total. The van der Waals surface area contributed by atoms with Crippen molar-refractivity contribution in [3.05, 3.63) is 42.0 Å². The predicted molar refractivity (Wildman–Crippen MR) is 72.9 cm³/mol. The standard InChI is InChI=1S/C15H18O5/c16-11(7-6-10-4-2-1-3-5-10)8-13-15(19)14(18)12(17)9-20-13/h1-7,12-15,17-19H,8-9H2/b7-6+/t12-,13+,14+,15+/m1/s1. The van der Waals surface area contributed by atoms with E-state index in [0.29, 0.717) is 0 Å². The van der Waals surface area contributed by atoms with Gasteiger partial charge in [0.15, 0.2) is 5.78 Å². The van der Waals surface area contributed by atoms with E-state index >= 15 is 0 Å². The summed E-state index contributed by atoms with van der Waals surface area (Å²) in [7, 11) is 0. The van der Waals surface area contributed by atoms with Gasteiger partial charge >= 0.3 is 0 Å². The molecular weight excluding hydrogens is 260 g/mol. The van der Waals surface area contributed by atoms with Gasteiger partial charge in [0.2, 0.25) is 0 Å². The van der Waals surface area contributed by atoms with Crippen molar-refractivity contribution >= 4 is 11.9 Å². The number of hydrogen-bond donors (Lipinski definition) is 3. The number of allylic oxidation sites excluding steroid dienone is 1. The Balaban J connectivity index is 1.90. The quantitative estimate of drug-likeness (QED) is 0.682. The third-order valence-electron chi connectivity index (χ3n) is 3.27. The molecule has 0 aromatic heterocycles. The molecule has 1 aromatic carbocycles. The minimum atomic E-state index is -1.28. The maximum atomic E-state index is 11.8. The van der Waals surface area contributed by atoms with Crippen molar-refractivity contribution in [3.63, 3.8) is 0 Å². The van der Waals surface area contributed by atoms with Crippen molar-refractivity contribution in [2.75, 3.05) is 6.61 Å². The van der Waals surface area contributed by atoms with E-state index in [1.165, 1.54) is 6.08 Å². The number of hydrogen-bond acceptors (Lipinski definition) is 5. The van der Waals surface area contributed by atoms with Crippen LogP contribution in [-0.2, 0) is 9.53 Å². The second-order valence-corrected chi connectivity index (χ2v) is 4.83. The molecule has 1 aliphatic heterocycles. The highest BCUT2D eigenvalue weighted by Gasteiger charge is 2.37. The molecule has 1 aliphatic rings. The lowest BCUT2D eigenvalue weighted by atomic mass is 9.96. The number of ether oxygens (including phenoxy) is 1. The Morgan fingerprint density at radius 2 is 1.90 bits per heavy atom. The van der Waals surface area contributed by atoms with Crippen molar-refractivity contribution in [2.24, 2.45) is 0 Å². The van der Waals surface area contributed by atoms with Crippen LogP contribution < -0.4 is 0 Å². The summed E-state index contributed by atoms with van der Waals surface area (Å²) in [5, 5.41) is 28.6. The van der Waals surface area contributed by atoms with Gasteiger partial charge < -0.3 is 20.1 Å². The smallest absolute Gasteiger partial charge is 0.158 e. The lowest BCUT2D eigenvalue weighted by molar-refractivity contribution is -0.188. The van der Waals surface area contributed by atoms with Crippen LogP contribution in [0.5, 0.6) is 0 Å². The second-order valence-electron chi connectivity index (χ2n) is 4.83. The van der Waals surface area contributed by atoms with Gasteiger partial charge in [-0.2, -0.15) is 0 Å². The second kappa shape index (κ2) is 6.76. The average Bonchev–Trinajstić information content (AvgIpc) is 2.47. The fourth-order valence-corrected chi connectivity index (χ4v) is 2.07. The van der Waals surface area contributed by atoms with Gasteiger partial charge in [-0.15, -0.1) is 0 Å². The first-order valence-electron chi connectivity index (χ1n) is 6.49. The molecular formula is C15H18O5. The summed E-state index contributed by atoms with van der Waals surface area (Å²) in [4.78, 5) is 11.8. The molecule has 3 N–H and O–H groups in total. The van der Waals surface area contributed by atoms with Crippen molar-refractivity contribution in [3.8, 4) is 0 Å². The normalized spacial score (nSPS) is 30.6. The van der Waals surface area contributed by atoms with Crippen LogP contribution in [0.15, 0.2) is 36.4 Å². The van der Waals surface area contributed by atoms with Crippen LogP contribution in [0, 0.1) is 0 Å². The number of benzene rings is 1. The van der Waals surface area contributed by atoms with Gasteiger partial charge in [0.05, 0.1) is 12.7 Å². The molecule has 0 spiro atoms. The first-order chi connectivity index (χ1) is 9.58. The summed E-state index contributed by atoms with van der Waals surface area (Å²) in [5.74, 6) is -0.207. The van der Waals surface area contributed by atoms with Gasteiger partial charge in [-0.3, -0.25) is 4.79 Å². The van der Waals surface area contributed by atoms with Crippen molar-refractivity contribution in [1.82, 2.24) is 0 Å². The number of aliphatic hydroxyl groups is 3. The topological polar surface area (TPSA) is 87.0 Å². The zero-order valence-electron chi connectivity index (χ0n) is 10.9. The third-order valence-corrected chi connectivity index (χ3v) is 3.27. The van der Waals surface area contributed by atoms with E-state index in [1.807, 2.05) is 30.3 Å². The van der Waals surface area contributed by atoms with Gasteiger partial charge in [0, 0.05) is 6.42 Å². The van der Waals surface area contributed by atoms with Crippen LogP contribution in [0.4, 0.5) is 0 Å². The first-order valence-corrected chi connectivity index (χ1v) is 6.49. The van der Waals surface area contributed by atoms with Crippen molar-refractivity contribution in [1.29, 1.82) is 0 Å². The molecule has 20 heavy (non-hydrogen) atoms. The van der Waals surface area contributed by atoms with E-state index in [1.54, 1.807) is 6.08 Å². The summed E-state index contributed by atoms with van der Waals surface area (Å²) in [6.45, 7) is -0.0847. The lowest BCUT2D eigenvalue weighted by Gasteiger charge is -2.34. The fourth-order valence-electron chi connectivity index (χ4n) is 2.07. The molecule has 0 saturated carbocycles. The molecule has 0 bridgehead atoms. The third kappa shape index (κ3) is 3.74. The Kier molecular flexibility index (Phi) is 5.03. The molecule has 1 aromatic rings. The number of carbonyl (C=O) groups excluding carboxylic acids is 1. The van der Waals surface area contributed by atoms with Gasteiger partial charge in [-0.05, 0) is 11.6 Å². The van der Waals surface area contributed by atoms with Crippen LogP contribution in [-0.4, -0.2) is 52.1 Å². The summed E-state index contributed by atoms with van der Waals surface area (Å²) in [6.07, 6.45) is -1.37. The highest BCUT2D eigenvalue weighted by Crippen LogP contribution is 2.18. The van der Waals surface area contributed by atoms with Crippen LogP contribution in [0.25, 0.3) is 6.08 Å². The largest absolute Gasteiger partial charge is 0.388 e. The Hall–Kier alpha value is -1.53. The van der Waals surface area contributed by atoms with Crippen LogP contribution in [0.1, 0.15) is 12.0 Å². The Bertz CT molecular complexity index is 470. The summed E-state index contributed by atoms with van der Waals surface area (Å²) in [5.41, 5.74) is 0.904. The van der Waals surface area contributed by atoms with E-state index in [9.17, 15) is 20.1 Å². The fraction of sp³-hybridized carbons (Fsp3) is 0.400. The summed E-state index contributed by atoms with van der Waals surface area (Å²) in [6, 6.07) is 9.37. The van der Waals surface area contributed by atoms with E-state index in [2.05, 4.69) is 0 Å². The van der Waals surface area contributed by atoms with E-state index in [0.717, 1.165) is 5.56 Å². The Morgan fingerprint density at radius 3 is 2.60 bits per heavy atom. The minimum absolute atomic E-state index is 0.0335. The molecule has 0 amide bonds. The highest BCUT2D eigenvalue weighted by molar-refractivity contribution is 5.93. The van der Waals surface area contributed by atoms with E-state index in [4.69, 9.17) is 4.74 Å². The molecule has 1 heterocycles. The van der Waals surface area contributed by atoms with Gasteiger partial charge in [0.1, 0.15) is 18.3 Å². The van der Waals surface area contributed by atoms with Crippen LogP contribution in [0.2, 0.25) is 0 Å². The molecule has 5 heteroatoms. The summed E-state index contributed by atoms with van der Waals surface area (Å²) >= 11 is 0. The zero-order valence-corrected chi connectivity index (χ0v) is 10.9. The molecule has 0 radical (unpaired) electrons. The molecule has 2 rings (SSSR count). The Morgan fingerprint density at radius 1 is 1.20 bits per heavy atom. The maximum Gasteiger partial charge on any atom is 0.158 e. The molecule has 0 unspecified atom stereocenters. The summed E-state index contributed by atoms with van der Waals surface area (Å²) < 4.78 is 5.18. The van der Waals surface area contributed by atoms with E-state index < -0.39 is 24.4 Å². The SMILES string of the molecule is O=C(/C=C/c1ccccc1)C[C@@H]1OC[C@@H](O)[C@H](O)[C@H]1O. The highest BCUT2D eigenvalue weighted by atomic mass is 16.5. The van der Waals surface area contributed by atoms with Gasteiger partial charge in [-0.25, -0.2) is 0 Å². The zero-order chi connectivity index (χ0) is 14.5. The molecule has 4 atom stereocenters. The van der Waals surface area contributed by atoms with Crippen molar-refractivity contribution < 1.29 is 24.9 Å². The molecule has 1 saturated heterocycles. The predicted octanol–water partition coefficient (Wildman–Crippen LogP) is 0.141. The molecule has 1 fully saturated rings. The number of rotatable bonds is 4. The minimum Gasteiger partial charge on any atom is -0.388 e. The van der Waals surface area contributed by atoms with Crippen LogP contribution >= 0.6 is 0 Å². The maximum absolute atomic E-state index is 11.8. The first kappa shape index (κ1) is 14.9. The number of carbonyl (C=O) groups is 1. The molecule has 108 valence electrons. The Labute approximate surface area is 117 Å². The van der Waals surface area contributed by atoms with Crippen LogP contribution in [0.3, 0.4) is 0 Å². The number of ketones is 1.